The third-order valence-electron chi connectivity index (χ3n) is 5.07. The first-order chi connectivity index (χ1) is 15.9. The van der Waals surface area contributed by atoms with Crippen LogP contribution in [0.5, 0.6) is 5.75 Å². The molecular formula is C25H22N2O5S. The van der Waals surface area contributed by atoms with Crippen molar-refractivity contribution in [2.24, 2.45) is 4.99 Å². The molecule has 0 spiro atoms. The SMILES string of the molecule is CCOC(=O)C1=C(C)N=c2s/c(=C/c3ccc(OC(C)=O)cc3)c(=O)n2C1c1ccccc1. The van der Waals surface area contributed by atoms with Crippen LogP contribution in [0, 0.1) is 0 Å². The monoisotopic (exact) mass is 462 g/mol. The van der Waals surface area contributed by atoms with Crippen molar-refractivity contribution >= 4 is 29.4 Å². The predicted molar refractivity (Wildman–Crippen MR) is 125 cm³/mol. The Hall–Kier alpha value is -3.78. The zero-order valence-corrected chi connectivity index (χ0v) is 19.2. The number of thiazole rings is 1. The van der Waals surface area contributed by atoms with Crippen LogP contribution in [-0.2, 0) is 14.3 Å². The highest BCUT2D eigenvalue weighted by Crippen LogP contribution is 2.30. The summed E-state index contributed by atoms with van der Waals surface area (Å²) < 4.78 is 12.4. The maximum Gasteiger partial charge on any atom is 0.338 e. The van der Waals surface area contributed by atoms with Gasteiger partial charge in [-0.3, -0.25) is 14.2 Å². The summed E-state index contributed by atoms with van der Waals surface area (Å²) in [6.07, 6.45) is 1.76. The molecule has 0 amide bonds. The number of esters is 2. The Kier molecular flexibility index (Phi) is 6.37. The average Bonchev–Trinajstić information content (AvgIpc) is 3.09. The number of carbonyl (C=O) groups is 2. The van der Waals surface area contributed by atoms with E-state index in [-0.39, 0.29) is 12.2 Å². The molecule has 8 heteroatoms. The third kappa shape index (κ3) is 4.56. The Balaban J connectivity index is 1.85. The molecule has 7 nitrogen and oxygen atoms in total. The molecule has 2 aromatic carbocycles. The Morgan fingerprint density at radius 1 is 1.12 bits per heavy atom. The molecule has 1 unspecified atom stereocenters. The third-order valence-corrected chi connectivity index (χ3v) is 6.05. The lowest BCUT2D eigenvalue weighted by atomic mass is 9.96. The van der Waals surface area contributed by atoms with E-state index in [1.54, 1.807) is 48.8 Å². The summed E-state index contributed by atoms with van der Waals surface area (Å²) in [7, 11) is 0. The predicted octanol–water partition coefficient (Wildman–Crippen LogP) is 2.72. The average molecular weight is 463 g/mol. The summed E-state index contributed by atoms with van der Waals surface area (Å²) in [6, 6.07) is 15.6. The molecule has 33 heavy (non-hydrogen) atoms. The molecule has 0 fully saturated rings. The zero-order valence-electron chi connectivity index (χ0n) is 18.4. The topological polar surface area (TPSA) is 87.0 Å². The van der Waals surface area contributed by atoms with E-state index in [1.165, 1.54) is 18.3 Å². The number of rotatable bonds is 5. The van der Waals surface area contributed by atoms with Gasteiger partial charge in [-0.1, -0.05) is 53.8 Å². The fraction of sp³-hybridized carbons (Fsp3) is 0.200. The molecule has 168 valence electrons. The summed E-state index contributed by atoms with van der Waals surface area (Å²) >= 11 is 1.26. The minimum Gasteiger partial charge on any atom is -0.463 e. The van der Waals surface area contributed by atoms with Crippen molar-refractivity contribution in [1.29, 1.82) is 0 Å². The Labute approximate surface area is 193 Å². The van der Waals surface area contributed by atoms with Crippen molar-refractivity contribution in [3.05, 3.63) is 96.7 Å². The lowest BCUT2D eigenvalue weighted by Gasteiger charge is -2.24. The zero-order chi connectivity index (χ0) is 23.5. The van der Waals surface area contributed by atoms with Crippen molar-refractivity contribution in [1.82, 2.24) is 4.57 Å². The van der Waals surface area contributed by atoms with Crippen molar-refractivity contribution in [2.75, 3.05) is 6.61 Å². The molecular weight excluding hydrogens is 440 g/mol. The molecule has 0 saturated carbocycles. The van der Waals surface area contributed by atoms with Gasteiger partial charge in [0.1, 0.15) is 5.75 Å². The summed E-state index contributed by atoms with van der Waals surface area (Å²) in [5.74, 6) is -0.451. The molecule has 0 bridgehead atoms. The fourth-order valence-electron chi connectivity index (χ4n) is 3.69. The number of carbonyl (C=O) groups excluding carboxylic acids is 2. The Morgan fingerprint density at radius 2 is 1.82 bits per heavy atom. The summed E-state index contributed by atoms with van der Waals surface area (Å²) in [5, 5.41) is 0. The highest BCUT2D eigenvalue weighted by Gasteiger charge is 2.33. The second kappa shape index (κ2) is 9.38. The highest BCUT2D eigenvalue weighted by molar-refractivity contribution is 7.07. The lowest BCUT2D eigenvalue weighted by Crippen LogP contribution is -2.39. The number of ether oxygens (including phenoxy) is 2. The maximum absolute atomic E-state index is 13.5. The van der Waals surface area contributed by atoms with Gasteiger partial charge in [0.25, 0.3) is 5.56 Å². The number of allylic oxidation sites excluding steroid dienone is 1. The molecule has 3 aromatic rings. The van der Waals surface area contributed by atoms with Crippen molar-refractivity contribution in [3.63, 3.8) is 0 Å². The van der Waals surface area contributed by atoms with Gasteiger partial charge in [0.15, 0.2) is 4.80 Å². The van der Waals surface area contributed by atoms with Gasteiger partial charge in [0.05, 0.1) is 28.5 Å². The second-order valence-corrected chi connectivity index (χ2v) is 8.38. The number of hydrogen-bond acceptors (Lipinski definition) is 7. The van der Waals surface area contributed by atoms with Gasteiger partial charge in [0, 0.05) is 6.92 Å². The normalized spacial score (nSPS) is 15.6. The van der Waals surface area contributed by atoms with Crippen LogP contribution in [0.2, 0.25) is 0 Å². The molecule has 4 rings (SSSR count). The first-order valence-corrected chi connectivity index (χ1v) is 11.2. The largest absolute Gasteiger partial charge is 0.463 e. The lowest BCUT2D eigenvalue weighted by molar-refractivity contribution is -0.139. The molecule has 2 heterocycles. The minimum atomic E-state index is -0.630. The Morgan fingerprint density at radius 3 is 2.45 bits per heavy atom. The van der Waals surface area contributed by atoms with E-state index < -0.39 is 18.0 Å². The van der Waals surface area contributed by atoms with Gasteiger partial charge in [-0.25, -0.2) is 9.79 Å². The number of aromatic nitrogens is 1. The molecule has 0 aliphatic carbocycles. The van der Waals surface area contributed by atoms with Crippen LogP contribution in [0.3, 0.4) is 0 Å². The summed E-state index contributed by atoms with van der Waals surface area (Å²) in [4.78, 5) is 42.5. The number of nitrogens with zero attached hydrogens (tertiary/aromatic N) is 2. The van der Waals surface area contributed by atoms with E-state index in [4.69, 9.17) is 9.47 Å². The van der Waals surface area contributed by atoms with E-state index in [1.807, 2.05) is 30.3 Å². The number of benzene rings is 2. The van der Waals surface area contributed by atoms with Crippen molar-refractivity contribution in [2.45, 2.75) is 26.8 Å². The molecule has 0 N–H and O–H groups in total. The van der Waals surface area contributed by atoms with Crippen molar-refractivity contribution in [3.8, 4) is 5.75 Å². The van der Waals surface area contributed by atoms with E-state index in [0.717, 1.165) is 11.1 Å². The van der Waals surface area contributed by atoms with Crippen LogP contribution >= 0.6 is 11.3 Å². The summed E-state index contributed by atoms with van der Waals surface area (Å²) in [6.45, 7) is 5.07. The van der Waals surface area contributed by atoms with Crippen LogP contribution in [0.25, 0.3) is 6.08 Å². The van der Waals surface area contributed by atoms with Gasteiger partial charge in [-0.15, -0.1) is 0 Å². The van der Waals surface area contributed by atoms with E-state index >= 15 is 0 Å². The maximum atomic E-state index is 13.5. The first-order valence-electron chi connectivity index (χ1n) is 10.4. The van der Waals surface area contributed by atoms with Gasteiger partial charge in [-0.05, 0) is 43.2 Å². The molecule has 1 aromatic heterocycles. The molecule has 1 aliphatic heterocycles. The van der Waals surface area contributed by atoms with Gasteiger partial charge in [0.2, 0.25) is 0 Å². The van der Waals surface area contributed by atoms with Crippen molar-refractivity contribution < 1.29 is 19.1 Å². The number of hydrogen-bond donors (Lipinski definition) is 0. The Bertz CT molecular complexity index is 1420. The van der Waals surface area contributed by atoms with Crippen LogP contribution in [-0.4, -0.2) is 23.1 Å². The molecule has 1 aliphatic rings. The summed E-state index contributed by atoms with van der Waals surface area (Å²) in [5.41, 5.74) is 2.21. The minimum absolute atomic E-state index is 0.227. The molecule has 1 atom stereocenters. The first kappa shape index (κ1) is 22.4. The smallest absolute Gasteiger partial charge is 0.338 e. The van der Waals surface area contributed by atoms with Crippen LogP contribution < -0.4 is 19.6 Å². The molecule has 0 saturated heterocycles. The van der Waals surface area contributed by atoms with Gasteiger partial charge in [-0.2, -0.15) is 0 Å². The second-order valence-electron chi connectivity index (χ2n) is 7.38. The van der Waals surface area contributed by atoms with Crippen LogP contribution in [0.1, 0.15) is 37.9 Å². The van der Waals surface area contributed by atoms with Gasteiger partial charge < -0.3 is 9.47 Å². The number of fused-ring (bicyclic) bond motifs is 1. The fourth-order valence-corrected chi connectivity index (χ4v) is 4.74. The van der Waals surface area contributed by atoms with E-state index in [0.29, 0.717) is 26.4 Å². The van der Waals surface area contributed by atoms with E-state index in [9.17, 15) is 14.4 Å². The van der Waals surface area contributed by atoms with E-state index in [2.05, 4.69) is 4.99 Å². The quantitative estimate of drug-likeness (QED) is 0.430. The van der Waals surface area contributed by atoms with Crippen LogP contribution in [0.4, 0.5) is 0 Å². The molecule has 0 radical (unpaired) electrons. The van der Waals surface area contributed by atoms with Gasteiger partial charge >= 0.3 is 11.9 Å². The highest BCUT2D eigenvalue weighted by atomic mass is 32.1. The van der Waals surface area contributed by atoms with Crippen LogP contribution in [0.15, 0.2) is 75.7 Å². The standard InChI is InChI=1S/C25H22N2O5S/c1-4-31-24(30)21-15(2)26-25-27(22(21)18-8-6-5-7-9-18)23(29)20(33-25)14-17-10-12-19(13-11-17)32-16(3)28/h5-14,22H,4H2,1-3H3/b20-14+.